The number of nitrogens with one attached hydrogen (secondary N) is 2. The molecule has 1 amide bonds. The number of aromatic amines is 1. The number of carboxylic acids is 1. The molecule has 0 radical (unpaired) electrons. The highest BCUT2D eigenvalue weighted by molar-refractivity contribution is 7.17. The van der Waals surface area contributed by atoms with E-state index in [1.807, 2.05) is 12.1 Å². The summed E-state index contributed by atoms with van der Waals surface area (Å²) < 4.78 is 1.51. The van der Waals surface area contributed by atoms with Crippen molar-refractivity contribution in [2.75, 3.05) is 5.32 Å². The number of benzene rings is 1. The molecule has 0 atom stereocenters. The van der Waals surface area contributed by atoms with E-state index in [1.165, 1.54) is 4.68 Å². The van der Waals surface area contributed by atoms with Gasteiger partial charge in [0.25, 0.3) is 0 Å². The van der Waals surface area contributed by atoms with Crippen molar-refractivity contribution in [2.45, 2.75) is 6.54 Å². The Morgan fingerprint density at radius 1 is 1.23 bits per heavy atom. The Kier molecular flexibility index (Phi) is 3.98. The second-order valence-electron chi connectivity index (χ2n) is 5.56. The van der Waals surface area contributed by atoms with Crippen molar-refractivity contribution < 1.29 is 14.7 Å². The summed E-state index contributed by atoms with van der Waals surface area (Å²) in [6.45, 7) is 0.0433. The molecule has 3 N–H and O–H groups in total. The van der Waals surface area contributed by atoms with E-state index in [4.69, 9.17) is 5.11 Å². The third-order valence-electron chi connectivity index (χ3n) is 3.77. The number of hydrogen-bond acceptors (Lipinski definition) is 5. The Hall–Kier alpha value is -3.46. The number of hydrogen-bond donors (Lipinski definition) is 3. The zero-order valence-electron chi connectivity index (χ0n) is 13.3. The number of carboxylic acid groups (broad SMARTS) is 1. The molecule has 0 aliphatic rings. The number of nitrogens with zero attached hydrogens (tertiary/aromatic N) is 3. The Bertz CT molecular complexity index is 1110. The zero-order valence-corrected chi connectivity index (χ0v) is 14.2. The normalized spacial score (nSPS) is 10.9. The molecule has 26 heavy (non-hydrogen) atoms. The topological polar surface area (TPSA) is 113 Å². The molecular weight excluding hydrogens is 354 g/mol. The molecule has 1 aromatic carbocycles. The lowest BCUT2D eigenvalue weighted by molar-refractivity contribution is -0.116. The quantitative estimate of drug-likeness (QED) is 0.502. The third kappa shape index (κ3) is 3.07. The highest BCUT2D eigenvalue weighted by Gasteiger charge is 2.12. The Morgan fingerprint density at radius 2 is 2.12 bits per heavy atom. The predicted octanol–water partition coefficient (Wildman–Crippen LogP) is 2.82. The molecular formula is C17H13N5O3S. The average molecular weight is 367 g/mol. The van der Waals surface area contributed by atoms with Crippen LogP contribution in [0.3, 0.4) is 0 Å². The molecule has 0 unspecified atom stereocenters. The molecule has 3 heterocycles. The second kappa shape index (κ2) is 6.45. The average Bonchev–Trinajstić information content (AvgIpc) is 3.35. The summed E-state index contributed by atoms with van der Waals surface area (Å²) >= 11 is 1.14. The first-order valence-corrected chi connectivity index (χ1v) is 8.51. The number of carbonyl (C=O) groups excluding carboxylic acids is 1. The molecule has 9 heteroatoms. The molecule has 0 saturated heterocycles. The van der Waals surface area contributed by atoms with E-state index >= 15 is 0 Å². The Labute approximate surface area is 151 Å². The molecule has 130 valence electrons. The second-order valence-corrected chi connectivity index (χ2v) is 6.64. The number of fused-ring (bicyclic) bond motifs is 1. The van der Waals surface area contributed by atoms with E-state index < -0.39 is 5.97 Å². The van der Waals surface area contributed by atoms with Crippen LogP contribution < -0.4 is 5.32 Å². The van der Waals surface area contributed by atoms with Crippen molar-refractivity contribution in [1.29, 1.82) is 0 Å². The first-order chi connectivity index (χ1) is 12.6. The summed E-state index contributed by atoms with van der Waals surface area (Å²) in [6.07, 6.45) is 3.38. The van der Waals surface area contributed by atoms with Gasteiger partial charge in [-0.2, -0.15) is 10.2 Å². The standard InChI is InChI=1S/C17H13N5O3S/c23-15(19-12-3-1-2-10-8-18-20-16(10)12)9-22-7-6-11(21-22)13-4-5-14(26-13)17(24)25/h1-8H,9H2,(H,18,20)(H,19,23)(H,24,25). The number of rotatable bonds is 5. The maximum absolute atomic E-state index is 12.3. The summed E-state index contributed by atoms with van der Waals surface area (Å²) in [5.74, 6) is -1.19. The van der Waals surface area contributed by atoms with Crippen LogP contribution in [0, 0.1) is 0 Å². The summed E-state index contributed by atoms with van der Waals surface area (Å²) in [6, 6.07) is 10.5. The number of amides is 1. The van der Waals surface area contributed by atoms with Crippen LogP contribution in [0.2, 0.25) is 0 Å². The maximum Gasteiger partial charge on any atom is 0.345 e. The van der Waals surface area contributed by atoms with Gasteiger partial charge in [0.05, 0.1) is 22.3 Å². The van der Waals surface area contributed by atoms with Crippen LogP contribution in [-0.4, -0.2) is 37.0 Å². The molecule has 0 saturated carbocycles. The van der Waals surface area contributed by atoms with Crippen molar-refractivity contribution in [3.63, 3.8) is 0 Å². The van der Waals surface area contributed by atoms with Gasteiger partial charge in [0.1, 0.15) is 17.1 Å². The van der Waals surface area contributed by atoms with E-state index in [2.05, 4.69) is 20.6 Å². The van der Waals surface area contributed by atoms with Gasteiger partial charge in [0.2, 0.25) is 5.91 Å². The molecule has 0 aliphatic heterocycles. The van der Waals surface area contributed by atoms with Gasteiger partial charge in [-0.3, -0.25) is 14.6 Å². The van der Waals surface area contributed by atoms with Gasteiger partial charge in [-0.05, 0) is 24.3 Å². The van der Waals surface area contributed by atoms with Crippen molar-refractivity contribution >= 4 is 39.8 Å². The number of carbonyl (C=O) groups is 2. The first-order valence-electron chi connectivity index (χ1n) is 7.69. The van der Waals surface area contributed by atoms with E-state index in [0.29, 0.717) is 11.4 Å². The van der Waals surface area contributed by atoms with Crippen LogP contribution in [-0.2, 0) is 11.3 Å². The number of anilines is 1. The van der Waals surface area contributed by atoms with Gasteiger partial charge >= 0.3 is 5.97 Å². The van der Waals surface area contributed by atoms with Crippen LogP contribution in [0.25, 0.3) is 21.5 Å². The molecule has 4 aromatic rings. The maximum atomic E-state index is 12.3. The van der Waals surface area contributed by atoms with Crippen LogP contribution in [0.5, 0.6) is 0 Å². The first kappa shape index (κ1) is 16.0. The van der Waals surface area contributed by atoms with Crippen LogP contribution in [0.1, 0.15) is 9.67 Å². The van der Waals surface area contributed by atoms with Crippen molar-refractivity contribution in [1.82, 2.24) is 20.0 Å². The molecule has 4 rings (SSSR count). The minimum atomic E-state index is -0.965. The lowest BCUT2D eigenvalue weighted by atomic mass is 10.2. The largest absolute Gasteiger partial charge is 0.477 e. The van der Waals surface area contributed by atoms with Gasteiger partial charge in [-0.25, -0.2) is 4.79 Å². The van der Waals surface area contributed by atoms with Crippen LogP contribution in [0.4, 0.5) is 5.69 Å². The van der Waals surface area contributed by atoms with E-state index in [0.717, 1.165) is 27.1 Å². The lowest BCUT2D eigenvalue weighted by Crippen LogP contribution is -2.19. The van der Waals surface area contributed by atoms with E-state index in [9.17, 15) is 9.59 Å². The molecule has 0 spiro atoms. The summed E-state index contributed by atoms with van der Waals surface area (Å²) in [4.78, 5) is 24.3. The fraction of sp³-hybridized carbons (Fsp3) is 0.0588. The van der Waals surface area contributed by atoms with E-state index in [-0.39, 0.29) is 17.3 Å². The molecule has 0 fully saturated rings. The molecule has 3 aromatic heterocycles. The minimum Gasteiger partial charge on any atom is -0.477 e. The Balaban J connectivity index is 1.47. The van der Waals surface area contributed by atoms with Gasteiger partial charge < -0.3 is 10.4 Å². The smallest absolute Gasteiger partial charge is 0.345 e. The van der Waals surface area contributed by atoms with Gasteiger partial charge in [0, 0.05) is 11.6 Å². The number of H-pyrrole nitrogens is 1. The summed E-state index contributed by atoms with van der Waals surface area (Å²) in [5, 5.41) is 23.9. The Morgan fingerprint density at radius 3 is 2.92 bits per heavy atom. The van der Waals surface area contributed by atoms with Crippen LogP contribution in [0.15, 0.2) is 48.8 Å². The number of aromatic nitrogens is 4. The SMILES string of the molecule is O=C(Cn1ccc(-c2ccc(C(=O)O)s2)n1)Nc1cccc2cn[nH]c12. The van der Waals surface area contributed by atoms with Gasteiger partial charge in [-0.1, -0.05) is 12.1 Å². The molecule has 0 bridgehead atoms. The van der Waals surface area contributed by atoms with Crippen molar-refractivity contribution in [3.05, 3.63) is 53.7 Å². The monoisotopic (exact) mass is 367 g/mol. The molecule has 8 nitrogen and oxygen atoms in total. The lowest BCUT2D eigenvalue weighted by Gasteiger charge is -2.06. The predicted molar refractivity (Wildman–Crippen MR) is 97.2 cm³/mol. The number of para-hydroxylation sites is 1. The summed E-state index contributed by atoms with van der Waals surface area (Å²) in [7, 11) is 0. The van der Waals surface area contributed by atoms with Crippen LogP contribution >= 0.6 is 11.3 Å². The van der Waals surface area contributed by atoms with Crippen molar-refractivity contribution in [2.24, 2.45) is 0 Å². The van der Waals surface area contributed by atoms with Gasteiger partial charge in [-0.15, -0.1) is 11.3 Å². The summed E-state index contributed by atoms with van der Waals surface area (Å²) in [5.41, 5.74) is 2.05. The molecule has 0 aliphatic carbocycles. The minimum absolute atomic E-state index is 0.0433. The zero-order chi connectivity index (χ0) is 18.1. The number of thiophene rings is 1. The van der Waals surface area contributed by atoms with E-state index in [1.54, 1.807) is 36.7 Å². The fourth-order valence-corrected chi connectivity index (χ4v) is 3.39. The third-order valence-corrected chi connectivity index (χ3v) is 4.86. The fourth-order valence-electron chi connectivity index (χ4n) is 2.58. The highest BCUT2D eigenvalue weighted by atomic mass is 32.1. The number of aromatic carboxylic acids is 1. The van der Waals surface area contributed by atoms with Gasteiger partial charge in [0.15, 0.2) is 0 Å². The van der Waals surface area contributed by atoms with Crippen molar-refractivity contribution in [3.8, 4) is 10.6 Å². The highest BCUT2D eigenvalue weighted by Crippen LogP contribution is 2.26.